The van der Waals surface area contributed by atoms with Crippen LogP contribution in [0.1, 0.15) is 6.92 Å². The van der Waals surface area contributed by atoms with Gasteiger partial charge in [0.15, 0.2) is 0 Å². The number of methoxy groups -OCH3 is 1. The smallest absolute Gasteiger partial charge is 0.0476 e. The molecule has 0 aliphatic rings. The summed E-state index contributed by atoms with van der Waals surface area (Å²) >= 11 is 6.95. The van der Waals surface area contributed by atoms with Gasteiger partial charge in [-0.1, -0.05) is 44.0 Å². The molecule has 0 spiro atoms. The van der Waals surface area contributed by atoms with Gasteiger partial charge in [0, 0.05) is 44.5 Å². The Balaban J connectivity index is 0.000000297. The molecule has 3 aromatic rings. The Hall–Kier alpha value is -0.840. The highest BCUT2D eigenvalue weighted by Gasteiger charge is 2.04. The van der Waals surface area contributed by atoms with Crippen LogP contribution in [0.4, 0.5) is 0 Å². The van der Waals surface area contributed by atoms with Crippen LogP contribution in [0.2, 0.25) is 0 Å². The summed E-state index contributed by atoms with van der Waals surface area (Å²) in [6, 6.07) is 12.6. The minimum Gasteiger partial charge on any atom is -0.385 e. The lowest BCUT2D eigenvalue weighted by Gasteiger charge is -1.92. The van der Waals surface area contributed by atoms with Crippen molar-refractivity contribution in [3.8, 4) is 0 Å². The highest BCUT2D eigenvalue weighted by atomic mass is 79.9. The van der Waals surface area contributed by atoms with E-state index in [9.17, 15) is 0 Å². The summed E-state index contributed by atoms with van der Waals surface area (Å²) in [5, 5.41) is 2.53. The van der Waals surface area contributed by atoms with Crippen molar-refractivity contribution in [3.63, 3.8) is 0 Å². The fourth-order valence-corrected chi connectivity index (χ4v) is 2.58. The monoisotopic (exact) mass is 383 g/mol. The first-order valence-corrected chi connectivity index (χ1v) is 7.59. The molecule has 0 radical (unpaired) electrons. The van der Waals surface area contributed by atoms with Crippen LogP contribution in [-0.2, 0) is 4.74 Å². The van der Waals surface area contributed by atoms with E-state index in [-0.39, 0.29) is 0 Å². The molecule has 3 rings (SSSR count). The van der Waals surface area contributed by atoms with Crippen molar-refractivity contribution in [1.29, 1.82) is 0 Å². The zero-order chi connectivity index (χ0) is 13.8. The van der Waals surface area contributed by atoms with E-state index in [0.717, 1.165) is 26.6 Å². The van der Waals surface area contributed by atoms with Crippen LogP contribution >= 0.6 is 31.9 Å². The minimum absolute atomic E-state index is 0.819. The van der Waals surface area contributed by atoms with Gasteiger partial charge in [0.05, 0.1) is 0 Å². The van der Waals surface area contributed by atoms with E-state index in [2.05, 4.69) is 78.0 Å². The Kier molecular flexibility index (Phi) is 5.02. The second-order valence-electron chi connectivity index (χ2n) is 4.08. The Morgan fingerprint density at radius 3 is 1.74 bits per heavy atom. The minimum atomic E-state index is 0.819. The largest absolute Gasteiger partial charge is 0.385 e. The van der Waals surface area contributed by atoms with Gasteiger partial charge in [0.1, 0.15) is 0 Å². The number of fused-ring (bicyclic) bond motifs is 3. The molecule has 1 heterocycles. The van der Waals surface area contributed by atoms with E-state index in [4.69, 9.17) is 0 Å². The number of halogens is 2. The standard InChI is InChI=1S/C12H7Br2N.C3H8O/c13-7-1-3-9-10-4-2-8(14)6-12(10)15-11(9)5-7;1-3-4-2/h1-6,15H;3H2,1-2H3. The molecule has 1 aromatic heterocycles. The first-order chi connectivity index (χ1) is 9.15. The predicted molar refractivity (Wildman–Crippen MR) is 88.8 cm³/mol. The molecule has 0 atom stereocenters. The maximum atomic E-state index is 4.54. The molecule has 2 nitrogen and oxygen atoms in total. The van der Waals surface area contributed by atoms with Crippen LogP contribution in [0.25, 0.3) is 21.8 Å². The average molecular weight is 385 g/mol. The first kappa shape index (κ1) is 14.6. The number of aromatic amines is 1. The fourth-order valence-electron chi connectivity index (χ4n) is 1.85. The van der Waals surface area contributed by atoms with Gasteiger partial charge in [-0.25, -0.2) is 0 Å². The molecule has 0 saturated carbocycles. The van der Waals surface area contributed by atoms with Crippen molar-refractivity contribution in [2.45, 2.75) is 6.92 Å². The second-order valence-corrected chi connectivity index (χ2v) is 5.91. The Labute approximate surface area is 129 Å². The Morgan fingerprint density at radius 2 is 1.37 bits per heavy atom. The van der Waals surface area contributed by atoms with Crippen molar-refractivity contribution >= 4 is 53.7 Å². The number of aromatic nitrogens is 1. The highest BCUT2D eigenvalue weighted by Crippen LogP contribution is 2.29. The molecule has 0 amide bonds. The van der Waals surface area contributed by atoms with E-state index in [1.54, 1.807) is 7.11 Å². The third-order valence-corrected chi connectivity index (χ3v) is 3.80. The topological polar surface area (TPSA) is 25.0 Å². The van der Waals surface area contributed by atoms with Crippen LogP contribution in [0.3, 0.4) is 0 Å². The maximum Gasteiger partial charge on any atom is 0.0476 e. The van der Waals surface area contributed by atoms with Crippen LogP contribution in [0.5, 0.6) is 0 Å². The van der Waals surface area contributed by atoms with Gasteiger partial charge in [-0.2, -0.15) is 0 Å². The molecular weight excluding hydrogens is 370 g/mol. The van der Waals surface area contributed by atoms with Gasteiger partial charge in [-0.3, -0.25) is 0 Å². The van der Waals surface area contributed by atoms with E-state index in [0.29, 0.717) is 0 Å². The van der Waals surface area contributed by atoms with Gasteiger partial charge in [0.2, 0.25) is 0 Å². The van der Waals surface area contributed by atoms with Crippen LogP contribution < -0.4 is 0 Å². The highest BCUT2D eigenvalue weighted by molar-refractivity contribution is 9.10. The van der Waals surface area contributed by atoms with Gasteiger partial charge in [-0.15, -0.1) is 0 Å². The number of hydrogen-bond acceptors (Lipinski definition) is 1. The van der Waals surface area contributed by atoms with Crippen LogP contribution in [-0.4, -0.2) is 18.7 Å². The third kappa shape index (κ3) is 3.38. The number of ether oxygens (including phenoxy) is 1. The van der Waals surface area contributed by atoms with Gasteiger partial charge >= 0.3 is 0 Å². The maximum absolute atomic E-state index is 4.54. The zero-order valence-electron chi connectivity index (χ0n) is 10.8. The first-order valence-electron chi connectivity index (χ1n) is 6.01. The van der Waals surface area contributed by atoms with Crippen molar-refractivity contribution in [2.75, 3.05) is 13.7 Å². The summed E-state index contributed by atoms with van der Waals surface area (Å²) in [6.07, 6.45) is 0. The number of H-pyrrole nitrogens is 1. The molecule has 100 valence electrons. The SMILES string of the molecule is Brc1ccc2c(c1)[nH]c1cc(Br)ccc12.CCOC. The van der Waals surface area contributed by atoms with Crippen LogP contribution in [0, 0.1) is 0 Å². The predicted octanol–water partition coefficient (Wildman–Crippen LogP) is 5.50. The lowest BCUT2D eigenvalue weighted by atomic mass is 10.2. The van der Waals surface area contributed by atoms with Gasteiger partial charge in [-0.05, 0) is 31.2 Å². The average Bonchev–Trinajstić information content (AvgIpc) is 2.75. The van der Waals surface area contributed by atoms with E-state index in [1.165, 1.54) is 10.8 Å². The summed E-state index contributed by atoms with van der Waals surface area (Å²) in [6.45, 7) is 2.78. The number of nitrogens with one attached hydrogen (secondary N) is 1. The summed E-state index contributed by atoms with van der Waals surface area (Å²) in [7, 11) is 1.68. The fraction of sp³-hybridized carbons (Fsp3) is 0.200. The third-order valence-electron chi connectivity index (χ3n) is 2.81. The quantitative estimate of drug-likeness (QED) is 0.588. The van der Waals surface area contributed by atoms with Crippen molar-refractivity contribution in [1.82, 2.24) is 4.98 Å². The molecule has 0 saturated heterocycles. The second kappa shape index (κ2) is 6.55. The molecule has 0 aliphatic carbocycles. The molecule has 0 unspecified atom stereocenters. The Bertz CT molecular complexity index is 633. The van der Waals surface area contributed by atoms with Crippen molar-refractivity contribution < 1.29 is 4.74 Å². The molecule has 0 fully saturated rings. The van der Waals surface area contributed by atoms with Crippen molar-refractivity contribution in [2.24, 2.45) is 0 Å². The number of hydrogen-bond donors (Lipinski definition) is 1. The zero-order valence-corrected chi connectivity index (χ0v) is 14.0. The van der Waals surface area contributed by atoms with E-state index in [1.807, 2.05) is 6.92 Å². The summed E-state index contributed by atoms with van der Waals surface area (Å²) in [5.74, 6) is 0. The molecule has 0 aliphatic heterocycles. The molecule has 1 N–H and O–H groups in total. The van der Waals surface area contributed by atoms with E-state index < -0.39 is 0 Å². The van der Waals surface area contributed by atoms with Gasteiger partial charge < -0.3 is 9.72 Å². The Morgan fingerprint density at radius 1 is 0.947 bits per heavy atom. The van der Waals surface area contributed by atoms with Crippen molar-refractivity contribution in [3.05, 3.63) is 45.3 Å². The summed E-state index contributed by atoms with van der Waals surface area (Å²) < 4.78 is 6.74. The van der Waals surface area contributed by atoms with Gasteiger partial charge in [0.25, 0.3) is 0 Å². The number of benzene rings is 2. The molecule has 2 aromatic carbocycles. The summed E-state index contributed by atoms with van der Waals surface area (Å²) in [5.41, 5.74) is 2.33. The number of rotatable bonds is 1. The van der Waals surface area contributed by atoms with Crippen LogP contribution in [0.15, 0.2) is 45.3 Å². The summed E-state index contributed by atoms with van der Waals surface area (Å²) in [4.78, 5) is 3.40. The lowest BCUT2D eigenvalue weighted by molar-refractivity contribution is 0.215. The molecule has 19 heavy (non-hydrogen) atoms. The van der Waals surface area contributed by atoms with E-state index >= 15 is 0 Å². The molecule has 0 bridgehead atoms. The molecular formula is C15H15Br2NO. The molecule has 4 heteroatoms. The lowest BCUT2D eigenvalue weighted by Crippen LogP contribution is -1.73. The normalized spacial score (nSPS) is 10.5.